The number of aromatic nitrogens is 1. The summed E-state index contributed by atoms with van der Waals surface area (Å²) in [6.45, 7) is 0. The molecule has 0 amide bonds. The predicted molar refractivity (Wildman–Crippen MR) is 83.5 cm³/mol. The quantitative estimate of drug-likeness (QED) is 0.931. The highest BCUT2D eigenvalue weighted by Crippen LogP contribution is 2.39. The molecule has 1 aromatic heterocycles. The Hall–Kier alpha value is -1.94. The number of ether oxygens (including phenoxy) is 2. The van der Waals surface area contributed by atoms with E-state index in [1.54, 1.807) is 20.3 Å². The molecule has 0 radical (unpaired) electrons. The van der Waals surface area contributed by atoms with Gasteiger partial charge in [-0.1, -0.05) is 17.7 Å². The van der Waals surface area contributed by atoms with E-state index in [0.717, 1.165) is 24.2 Å². The molecule has 0 aliphatic heterocycles. The number of anilines is 1. The highest BCUT2D eigenvalue weighted by molar-refractivity contribution is 6.32. The lowest BCUT2D eigenvalue weighted by Gasteiger charge is -2.18. The molecular formula is C16H17ClN2O2. The first-order valence-corrected chi connectivity index (χ1v) is 7.22. The molecule has 1 aromatic carbocycles. The molecule has 21 heavy (non-hydrogen) atoms. The van der Waals surface area contributed by atoms with Crippen molar-refractivity contribution in [2.75, 3.05) is 19.5 Å². The van der Waals surface area contributed by atoms with E-state index in [-0.39, 0.29) is 6.04 Å². The summed E-state index contributed by atoms with van der Waals surface area (Å²) in [5.41, 5.74) is 3.27. The fourth-order valence-corrected chi connectivity index (χ4v) is 2.94. The maximum Gasteiger partial charge on any atom is 0.143 e. The molecule has 0 saturated heterocycles. The molecule has 0 fully saturated rings. The molecule has 2 aromatic rings. The Morgan fingerprint density at radius 2 is 2.05 bits per heavy atom. The van der Waals surface area contributed by atoms with Gasteiger partial charge < -0.3 is 14.8 Å². The van der Waals surface area contributed by atoms with E-state index in [2.05, 4.69) is 16.4 Å². The Balaban J connectivity index is 1.92. The van der Waals surface area contributed by atoms with Crippen LogP contribution in [0, 0.1) is 0 Å². The summed E-state index contributed by atoms with van der Waals surface area (Å²) in [4.78, 5) is 4.49. The first-order valence-electron chi connectivity index (χ1n) is 6.84. The standard InChI is InChI=1S/C16H17ClN2O2/c1-20-14-9-13(15(21-2)8-11(14)17)19-12-6-5-10-4-3-7-18-16(10)12/h3-4,7-9,12,19H,5-6H2,1-2H3. The minimum Gasteiger partial charge on any atom is -0.495 e. The third kappa shape index (κ3) is 2.63. The molecule has 0 bridgehead atoms. The van der Waals surface area contributed by atoms with Crippen LogP contribution in [0.15, 0.2) is 30.5 Å². The summed E-state index contributed by atoms with van der Waals surface area (Å²) in [6, 6.07) is 7.91. The van der Waals surface area contributed by atoms with Crippen LogP contribution in [-0.4, -0.2) is 19.2 Å². The van der Waals surface area contributed by atoms with Crippen LogP contribution in [0.4, 0.5) is 5.69 Å². The SMILES string of the molecule is COc1cc(NC2CCc3cccnc32)c(OC)cc1Cl. The smallest absolute Gasteiger partial charge is 0.143 e. The van der Waals surface area contributed by atoms with Crippen LogP contribution in [0.3, 0.4) is 0 Å². The molecule has 3 rings (SSSR count). The molecule has 5 heteroatoms. The number of nitrogens with one attached hydrogen (secondary N) is 1. The molecule has 0 spiro atoms. The zero-order valence-electron chi connectivity index (χ0n) is 12.0. The molecule has 110 valence electrons. The average molecular weight is 305 g/mol. The fourth-order valence-electron chi connectivity index (χ4n) is 2.71. The first kappa shape index (κ1) is 14.0. The fraction of sp³-hybridized carbons (Fsp3) is 0.312. The number of rotatable bonds is 4. The van der Waals surface area contributed by atoms with Gasteiger partial charge in [0.1, 0.15) is 11.5 Å². The van der Waals surface area contributed by atoms with Gasteiger partial charge in [-0.25, -0.2) is 0 Å². The number of hydrogen-bond donors (Lipinski definition) is 1. The predicted octanol–water partition coefficient (Wildman–Crippen LogP) is 3.85. The van der Waals surface area contributed by atoms with E-state index in [1.165, 1.54) is 5.56 Å². The van der Waals surface area contributed by atoms with Gasteiger partial charge in [-0.15, -0.1) is 0 Å². The van der Waals surface area contributed by atoms with Gasteiger partial charge in [0.2, 0.25) is 0 Å². The van der Waals surface area contributed by atoms with Gasteiger partial charge in [0.25, 0.3) is 0 Å². The average Bonchev–Trinajstić information content (AvgIpc) is 2.92. The van der Waals surface area contributed by atoms with E-state index < -0.39 is 0 Å². The number of benzene rings is 1. The van der Waals surface area contributed by atoms with Crippen LogP contribution in [0.1, 0.15) is 23.7 Å². The summed E-state index contributed by atoms with van der Waals surface area (Å²) in [6.07, 6.45) is 3.88. The number of nitrogens with zero attached hydrogens (tertiary/aromatic N) is 1. The lowest BCUT2D eigenvalue weighted by atomic mass is 10.2. The van der Waals surface area contributed by atoms with Crippen molar-refractivity contribution in [3.8, 4) is 11.5 Å². The summed E-state index contributed by atoms with van der Waals surface area (Å²) >= 11 is 6.13. The lowest BCUT2D eigenvalue weighted by Crippen LogP contribution is -2.09. The van der Waals surface area contributed by atoms with Gasteiger partial charge in [0.05, 0.1) is 36.7 Å². The van der Waals surface area contributed by atoms with E-state index >= 15 is 0 Å². The van der Waals surface area contributed by atoms with E-state index in [9.17, 15) is 0 Å². The van der Waals surface area contributed by atoms with E-state index in [1.807, 2.05) is 18.3 Å². The van der Waals surface area contributed by atoms with Gasteiger partial charge >= 0.3 is 0 Å². The Labute approximate surface area is 129 Å². The molecule has 1 aliphatic carbocycles. The van der Waals surface area contributed by atoms with Gasteiger partial charge in [0.15, 0.2) is 0 Å². The van der Waals surface area contributed by atoms with Crippen molar-refractivity contribution in [2.45, 2.75) is 18.9 Å². The van der Waals surface area contributed by atoms with Crippen molar-refractivity contribution < 1.29 is 9.47 Å². The van der Waals surface area contributed by atoms with Crippen LogP contribution in [0.2, 0.25) is 5.02 Å². The summed E-state index contributed by atoms with van der Waals surface area (Å²) in [5, 5.41) is 4.02. The summed E-state index contributed by atoms with van der Waals surface area (Å²) < 4.78 is 10.7. The third-order valence-electron chi connectivity index (χ3n) is 3.76. The second-order valence-corrected chi connectivity index (χ2v) is 5.38. The Bertz CT molecular complexity index is 661. The van der Waals surface area contributed by atoms with Crippen LogP contribution in [-0.2, 0) is 6.42 Å². The molecule has 0 saturated carbocycles. The van der Waals surface area contributed by atoms with Crippen LogP contribution < -0.4 is 14.8 Å². The van der Waals surface area contributed by atoms with E-state index in [4.69, 9.17) is 21.1 Å². The largest absolute Gasteiger partial charge is 0.495 e. The molecule has 1 unspecified atom stereocenters. The minimum absolute atomic E-state index is 0.181. The molecule has 1 aliphatic rings. The van der Waals surface area contributed by atoms with Crippen molar-refractivity contribution in [1.82, 2.24) is 4.98 Å². The zero-order valence-corrected chi connectivity index (χ0v) is 12.8. The zero-order chi connectivity index (χ0) is 14.8. The van der Waals surface area contributed by atoms with Crippen molar-refractivity contribution >= 4 is 17.3 Å². The van der Waals surface area contributed by atoms with Gasteiger partial charge in [-0.3, -0.25) is 4.98 Å². The normalized spacial score (nSPS) is 16.4. The molecule has 1 heterocycles. The molecular weight excluding hydrogens is 288 g/mol. The lowest BCUT2D eigenvalue weighted by molar-refractivity contribution is 0.404. The maximum atomic E-state index is 6.13. The van der Waals surface area contributed by atoms with E-state index in [0.29, 0.717) is 16.5 Å². The molecule has 4 nitrogen and oxygen atoms in total. The number of aryl methyl sites for hydroxylation is 1. The number of pyridine rings is 1. The number of fused-ring (bicyclic) bond motifs is 1. The van der Waals surface area contributed by atoms with Gasteiger partial charge in [-0.05, 0) is 24.5 Å². The topological polar surface area (TPSA) is 43.4 Å². The van der Waals surface area contributed by atoms with Crippen LogP contribution in [0.5, 0.6) is 11.5 Å². The minimum atomic E-state index is 0.181. The summed E-state index contributed by atoms with van der Waals surface area (Å²) in [5.74, 6) is 1.32. The number of hydrogen-bond acceptors (Lipinski definition) is 4. The Morgan fingerprint density at radius 3 is 2.81 bits per heavy atom. The highest BCUT2D eigenvalue weighted by Gasteiger charge is 2.24. The maximum absolute atomic E-state index is 6.13. The van der Waals surface area contributed by atoms with Gasteiger partial charge in [0, 0.05) is 18.3 Å². The van der Waals surface area contributed by atoms with Crippen LogP contribution in [0.25, 0.3) is 0 Å². The second-order valence-electron chi connectivity index (χ2n) is 4.97. The van der Waals surface area contributed by atoms with Crippen LogP contribution >= 0.6 is 11.6 Å². The Kier molecular flexibility index (Phi) is 3.88. The third-order valence-corrected chi connectivity index (χ3v) is 4.06. The Morgan fingerprint density at radius 1 is 1.24 bits per heavy atom. The van der Waals surface area contributed by atoms with Crippen molar-refractivity contribution in [3.05, 3.63) is 46.7 Å². The first-order chi connectivity index (χ1) is 10.2. The van der Waals surface area contributed by atoms with Gasteiger partial charge in [-0.2, -0.15) is 0 Å². The van der Waals surface area contributed by atoms with Crippen molar-refractivity contribution in [1.29, 1.82) is 0 Å². The molecule has 1 atom stereocenters. The number of halogens is 1. The van der Waals surface area contributed by atoms with Crippen molar-refractivity contribution in [2.24, 2.45) is 0 Å². The number of methoxy groups -OCH3 is 2. The monoisotopic (exact) mass is 304 g/mol. The summed E-state index contributed by atoms with van der Waals surface area (Å²) in [7, 11) is 3.23. The van der Waals surface area contributed by atoms with Crippen molar-refractivity contribution in [3.63, 3.8) is 0 Å². The highest BCUT2D eigenvalue weighted by atomic mass is 35.5. The second kappa shape index (κ2) is 5.82. The molecule has 1 N–H and O–H groups in total.